The highest BCUT2D eigenvalue weighted by Gasteiger charge is 2.13. The van der Waals surface area contributed by atoms with E-state index >= 15 is 0 Å². The van der Waals surface area contributed by atoms with Gasteiger partial charge in [-0.3, -0.25) is 0 Å². The molecule has 1 aliphatic rings. The summed E-state index contributed by atoms with van der Waals surface area (Å²) in [4.78, 5) is 0. The maximum Gasteiger partial charge on any atom is 0.127 e. The molecular formula is C19H26ClNO2. The number of halogens is 1. The van der Waals surface area contributed by atoms with Crippen LogP contribution in [0.15, 0.2) is 42.5 Å². The molecule has 23 heavy (non-hydrogen) atoms. The minimum absolute atomic E-state index is 0. The lowest BCUT2D eigenvalue weighted by Gasteiger charge is -2.11. The molecular weight excluding hydrogens is 310 g/mol. The van der Waals surface area contributed by atoms with E-state index in [2.05, 4.69) is 47.8 Å². The van der Waals surface area contributed by atoms with E-state index in [1.54, 1.807) is 0 Å². The summed E-state index contributed by atoms with van der Waals surface area (Å²) < 4.78 is 11.5. The Hall–Kier alpha value is -1.29. The van der Waals surface area contributed by atoms with E-state index in [0.717, 1.165) is 44.9 Å². The van der Waals surface area contributed by atoms with Gasteiger partial charge in [-0.15, -0.1) is 12.4 Å². The number of benzene rings is 2. The van der Waals surface area contributed by atoms with Crippen LogP contribution in [0.3, 0.4) is 0 Å². The summed E-state index contributed by atoms with van der Waals surface area (Å²) in [6, 6.07) is 14.6. The predicted molar refractivity (Wildman–Crippen MR) is 97.8 cm³/mol. The van der Waals surface area contributed by atoms with Gasteiger partial charge in [0.25, 0.3) is 0 Å². The van der Waals surface area contributed by atoms with E-state index in [-0.39, 0.29) is 12.4 Å². The van der Waals surface area contributed by atoms with Gasteiger partial charge in [-0.2, -0.15) is 0 Å². The highest BCUT2D eigenvalue weighted by Crippen LogP contribution is 2.25. The van der Waals surface area contributed by atoms with Gasteiger partial charge < -0.3 is 14.8 Å². The molecule has 3 rings (SSSR count). The summed E-state index contributed by atoms with van der Waals surface area (Å²) in [5, 5.41) is 5.91. The number of rotatable bonds is 8. The molecule has 1 N–H and O–H groups in total. The molecule has 1 heterocycles. The minimum atomic E-state index is 0. The Morgan fingerprint density at radius 3 is 2.83 bits per heavy atom. The van der Waals surface area contributed by atoms with E-state index < -0.39 is 0 Å². The van der Waals surface area contributed by atoms with Crippen LogP contribution in [0.4, 0.5) is 0 Å². The molecule has 0 aliphatic carbocycles. The van der Waals surface area contributed by atoms with Crippen LogP contribution in [-0.4, -0.2) is 32.4 Å². The largest absolute Gasteiger partial charge is 0.493 e. The van der Waals surface area contributed by atoms with Crippen LogP contribution in [0.25, 0.3) is 10.8 Å². The van der Waals surface area contributed by atoms with E-state index in [1.807, 2.05) is 0 Å². The van der Waals surface area contributed by atoms with Gasteiger partial charge in [0.1, 0.15) is 5.75 Å². The normalized spacial score (nSPS) is 17.1. The molecule has 0 saturated carbocycles. The molecule has 4 heteroatoms. The Balaban J connectivity index is 0.00000192. The number of ether oxygens (including phenoxy) is 2. The third-order valence-electron chi connectivity index (χ3n) is 4.15. The topological polar surface area (TPSA) is 30.5 Å². The first-order chi connectivity index (χ1) is 10.9. The van der Waals surface area contributed by atoms with Crippen LogP contribution in [-0.2, 0) is 4.74 Å². The Kier molecular flexibility index (Phi) is 7.66. The molecule has 1 aliphatic heterocycles. The second-order valence-corrected chi connectivity index (χ2v) is 5.87. The minimum Gasteiger partial charge on any atom is -0.493 e. The predicted octanol–water partition coefficient (Wildman–Crippen LogP) is 4.19. The van der Waals surface area contributed by atoms with E-state index in [1.165, 1.54) is 23.6 Å². The maximum atomic E-state index is 5.95. The van der Waals surface area contributed by atoms with Gasteiger partial charge in [0.05, 0.1) is 12.7 Å². The number of hydrogen-bond donors (Lipinski definition) is 1. The highest BCUT2D eigenvalue weighted by molar-refractivity contribution is 5.88. The van der Waals surface area contributed by atoms with E-state index in [9.17, 15) is 0 Å². The van der Waals surface area contributed by atoms with Gasteiger partial charge in [0.2, 0.25) is 0 Å². The molecule has 1 unspecified atom stereocenters. The van der Waals surface area contributed by atoms with Crippen molar-refractivity contribution in [3.8, 4) is 5.75 Å². The standard InChI is InChI=1S/C19H25NO2.ClH/c1-2-10-18-16(7-1)8-5-11-19(18)22-13-4-3-12-20-15-17-9-6-14-21-17;/h1-2,5,7-8,10-11,17,20H,3-4,6,9,12-15H2;1H. The summed E-state index contributed by atoms with van der Waals surface area (Å²) in [6.07, 6.45) is 5.06. The smallest absolute Gasteiger partial charge is 0.127 e. The average molecular weight is 336 g/mol. The SMILES string of the molecule is Cl.c1ccc2c(OCCCCNCC3CCCO3)cccc2c1. The van der Waals surface area contributed by atoms with E-state index in [0.29, 0.717) is 6.10 Å². The van der Waals surface area contributed by atoms with Crippen LogP contribution < -0.4 is 10.1 Å². The molecule has 0 spiro atoms. The van der Waals surface area contributed by atoms with Crippen LogP contribution in [0.1, 0.15) is 25.7 Å². The van der Waals surface area contributed by atoms with Crippen molar-refractivity contribution in [2.45, 2.75) is 31.8 Å². The van der Waals surface area contributed by atoms with Crippen molar-refractivity contribution in [1.82, 2.24) is 5.32 Å². The molecule has 126 valence electrons. The van der Waals surface area contributed by atoms with E-state index in [4.69, 9.17) is 9.47 Å². The highest BCUT2D eigenvalue weighted by atomic mass is 35.5. The van der Waals surface area contributed by atoms with Gasteiger partial charge >= 0.3 is 0 Å². The van der Waals surface area contributed by atoms with Gasteiger partial charge in [-0.1, -0.05) is 36.4 Å². The fourth-order valence-electron chi connectivity index (χ4n) is 2.92. The molecule has 1 atom stereocenters. The quantitative estimate of drug-likeness (QED) is 0.734. The summed E-state index contributed by atoms with van der Waals surface area (Å²) in [7, 11) is 0. The number of hydrogen-bond acceptors (Lipinski definition) is 3. The fourth-order valence-corrected chi connectivity index (χ4v) is 2.92. The Labute approximate surface area is 144 Å². The number of unbranched alkanes of at least 4 members (excludes halogenated alkanes) is 1. The third-order valence-corrected chi connectivity index (χ3v) is 4.15. The zero-order chi connectivity index (χ0) is 15.0. The Bertz CT molecular complexity index is 579. The summed E-state index contributed by atoms with van der Waals surface area (Å²) in [5.74, 6) is 0.991. The Morgan fingerprint density at radius 2 is 1.96 bits per heavy atom. The van der Waals surface area contributed by atoms with Crippen molar-refractivity contribution in [2.24, 2.45) is 0 Å². The lowest BCUT2D eigenvalue weighted by atomic mass is 10.1. The van der Waals surface area contributed by atoms with Crippen LogP contribution in [0, 0.1) is 0 Å². The summed E-state index contributed by atoms with van der Waals surface area (Å²) in [5.41, 5.74) is 0. The maximum absolute atomic E-state index is 5.95. The monoisotopic (exact) mass is 335 g/mol. The molecule has 2 aromatic rings. The van der Waals surface area contributed by atoms with Crippen LogP contribution in [0.2, 0.25) is 0 Å². The second kappa shape index (κ2) is 9.76. The van der Waals surface area contributed by atoms with Gasteiger partial charge in [-0.05, 0) is 43.7 Å². The molecule has 1 fully saturated rings. The number of nitrogens with one attached hydrogen (secondary N) is 1. The van der Waals surface area contributed by atoms with Crippen LogP contribution in [0.5, 0.6) is 5.75 Å². The second-order valence-electron chi connectivity index (χ2n) is 5.87. The lowest BCUT2D eigenvalue weighted by molar-refractivity contribution is 0.110. The summed E-state index contributed by atoms with van der Waals surface area (Å²) >= 11 is 0. The van der Waals surface area contributed by atoms with Crippen molar-refractivity contribution in [2.75, 3.05) is 26.3 Å². The average Bonchev–Trinajstić information content (AvgIpc) is 3.07. The molecule has 0 aromatic heterocycles. The van der Waals surface area contributed by atoms with Crippen molar-refractivity contribution in [1.29, 1.82) is 0 Å². The van der Waals surface area contributed by atoms with Gasteiger partial charge in [0, 0.05) is 18.5 Å². The van der Waals surface area contributed by atoms with Crippen LogP contribution >= 0.6 is 12.4 Å². The van der Waals surface area contributed by atoms with Crippen molar-refractivity contribution in [3.05, 3.63) is 42.5 Å². The zero-order valence-electron chi connectivity index (χ0n) is 13.5. The lowest BCUT2D eigenvalue weighted by Crippen LogP contribution is -2.27. The van der Waals surface area contributed by atoms with Crippen molar-refractivity contribution < 1.29 is 9.47 Å². The Morgan fingerprint density at radius 1 is 1.09 bits per heavy atom. The molecule has 0 amide bonds. The first-order valence-corrected chi connectivity index (χ1v) is 8.36. The summed E-state index contributed by atoms with van der Waals surface area (Å²) in [6.45, 7) is 3.74. The first kappa shape index (κ1) is 18.1. The molecule has 2 aromatic carbocycles. The van der Waals surface area contributed by atoms with Crippen molar-refractivity contribution in [3.63, 3.8) is 0 Å². The molecule has 0 bridgehead atoms. The fraction of sp³-hybridized carbons (Fsp3) is 0.474. The molecule has 1 saturated heterocycles. The first-order valence-electron chi connectivity index (χ1n) is 8.36. The number of fused-ring (bicyclic) bond motifs is 1. The zero-order valence-corrected chi connectivity index (χ0v) is 14.3. The third kappa shape index (κ3) is 5.38. The van der Waals surface area contributed by atoms with Gasteiger partial charge in [0.15, 0.2) is 0 Å². The van der Waals surface area contributed by atoms with Gasteiger partial charge in [-0.25, -0.2) is 0 Å². The van der Waals surface area contributed by atoms with Crippen molar-refractivity contribution >= 4 is 23.2 Å². The molecule has 0 radical (unpaired) electrons. The molecule has 3 nitrogen and oxygen atoms in total.